The first-order valence-corrected chi connectivity index (χ1v) is 9.73. The Morgan fingerprint density at radius 2 is 1.66 bits per heavy atom. The summed E-state index contributed by atoms with van der Waals surface area (Å²) in [6.07, 6.45) is 2.70. The van der Waals surface area contributed by atoms with Crippen molar-refractivity contribution >= 4 is 17.7 Å². The zero-order chi connectivity index (χ0) is 22.2. The van der Waals surface area contributed by atoms with Crippen LogP contribution in [0.25, 0.3) is 0 Å². The van der Waals surface area contributed by atoms with Gasteiger partial charge in [-0.3, -0.25) is 19.4 Å². The van der Waals surface area contributed by atoms with Crippen molar-refractivity contribution in [1.82, 2.24) is 4.98 Å². The first-order valence-electron chi connectivity index (χ1n) is 9.73. The molecule has 1 aliphatic carbocycles. The molecule has 0 amide bonds. The molecule has 0 aliphatic heterocycles. The van der Waals surface area contributed by atoms with E-state index in [9.17, 15) is 19.5 Å². The van der Waals surface area contributed by atoms with Gasteiger partial charge in [-0.25, -0.2) is 0 Å². The third-order valence-electron chi connectivity index (χ3n) is 4.66. The molecule has 1 N–H and O–H groups in total. The van der Waals surface area contributed by atoms with Gasteiger partial charge in [0.25, 0.3) is 0 Å². The SMILES string of the molecule is CC(C)(C)OC(=O)[C@@H]1C(=O)C[C@](C)(O)[C@H](C(=O)OC(C)(C)C)[C@@H]1c1cccnc1. The second kappa shape index (κ2) is 7.86. The number of esters is 2. The molecule has 160 valence electrons. The van der Waals surface area contributed by atoms with Gasteiger partial charge in [0.15, 0.2) is 5.78 Å². The number of pyridine rings is 1. The van der Waals surface area contributed by atoms with Gasteiger partial charge in [-0.1, -0.05) is 6.07 Å². The first kappa shape index (κ1) is 23.0. The molecule has 1 aliphatic rings. The van der Waals surface area contributed by atoms with Gasteiger partial charge in [0, 0.05) is 24.7 Å². The van der Waals surface area contributed by atoms with Crippen LogP contribution in [0.2, 0.25) is 0 Å². The minimum absolute atomic E-state index is 0.350. The second-order valence-corrected chi connectivity index (χ2v) is 9.83. The van der Waals surface area contributed by atoms with E-state index in [4.69, 9.17) is 9.47 Å². The van der Waals surface area contributed by atoms with Crippen molar-refractivity contribution in [3.05, 3.63) is 30.1 Å². The van der Waals surface area contributed by atoms with E-state index in [-0.39, 0.29) is 6.42 Å². The highest BCUT2D eigenvalue weighted by Gasteiger charge is 2.57. The highest BCUT2D eigenvalue weighted by atomic mass is 16.6. The molecule has 1 aromatic rings. The predicted octanol–water partition coefficient (Wildman–Crippen LogP) is 2.80. The number of aliphatic hydroxyl groups is 1. The Bertz CT molecular complexity index is 773. The Morgan fingerprint density at radius 1 is 1.10 bits per heavy atom. The standard InChI is InChI=1S/C22H31NO6/c1-20(2,3)28-18(25)16-14(24)11-22(7,27)17(19(26)29-21(4,5)6)15(16)13-9-8-10-23-12-13/h8-10,12,15-17,27H,11H2,1-7H3/t15-,16-,17+,22+/m1/s1. The van der Waals surface area contributed by atoms with Gasteiger partial charge in [0.1, 0.15) is 17.1 Å². The lowest BCUT2D eigenvalue weighted by molar-refractivity contribution is -0.182. The normalized spacial score (nSPS) is 28.0. The number of carbonyl (C=O) groups is 3. The van der Waals surface area contributed by atoms with Crippen LogP contribution in [0.1, 0.15) is 66.4 Å². The third kappa shape index (κ3) is 5.63. The van der Waals surface area contributed by atoms with E-state index in [1.54, 1.807) is 59.9 Å². The number of nitrogens with zero attached hydrogens (tertiary/aromatic N) is 1. The molecule has 0 bridgehead atoms. The maximum absolute atomic E-state index is 13.1. The van der Waals surface area contributed by atoms with E-state index in [2.05, 4.69) is 4.98 Å². The Balaban J connectivity index is 2.59. The topological polar surface area (TPSA) is 103 Å². The fourth-order valence-electron chi connectivity index (χ4n) is 3.72. The molecule has 0 spiro atoms. The Kier molecular flexibility index (Phi) is 6.23. The minimum atomic E-state index is -1.68. The first-order chi connectivity index (χ1) is 13.1. The van der Waals surface area contributed by atoms with E-state index in [1.807, 2.05) is 0 Å². The summed E-state index contributed by atoms with van der Waals surface area (Å²) in [5.41, 5.74) is -2.79. The Hall–Kier alpha value is -2.28. The summed E-state index contributed by atoms with van der Waals surface area (Å²) in [5.74, 6) is -5.20. The quantitative estimate of drug-likeness (QED) is 0.609. The number of carbonyl (C=O) groups excluding carboxylic acids is 3. The van der Waals surface area contributed by atoms with Crippen molar-refractivity contribution in [2.45, 2.75) is 77.6 Å². The molecule has 1 saturated carbocycles. The van der Waals surface area contributed by atoms with Crippen LogP contribution in [-0.2, 0) is 23.9 Å². The molecular weight excluding hydrogens is 374 g/mol. The van der Waals surface area contributed by atoms with Gasteiger partial charge >= 0.3 is 11.9 Å². The molecule has 2 rings (SSSR count). The van der Waals surface area contributed by atoms with E-state index >= 15 is 0 Å². The van der Waals surface area contributed by atoms with Crippen LogP contribution in [0.5, 0.6) is 0 Å². The largest absolute Gasteiger partial charge is 0.460 e. The van der Waals surface area contributed by atoms with Gasteiger partial charge in [-0.2, -0.15) is 0 Å². The van der Waals surface area contributed by atoms with E-state index < -0.39 is 52.3 Å². The monoisotopic (exact) mass is 405 g/mol. The van der Waals surface area contributed by atoms with Crippen molar-refractivity contribution in [2.24, 2.45) is 11.8 Å². The average Bonchev–Trinajstić information content (AvgIpc) is 2.50. The zero-order valence-corrected chi connectivity index (χ0v) is 18.2. The van der Waals surface area contributed by atoms with Gasteiger partial charge in [-0.05, 0) is 60.1 Å². The molecule has 0 aromatic carbocycles. The number of hydrogen-bond donors (Lipinski definition) is 1. The van der Waals surface area contributed by atoms with Crippen molar-refractivity contribution < 1.29 is 29.0 Å². The Labute approximate surface area is 171 Å². The van der Waals surface area contributed by atoms with E-state index in [0.29, 0.717) is 5.56 Å². The summed E-state index contributed by atoms with van der Waals surface area (Å²) < 4.78 is 11.0. The van der Waals surface area contributed by atoms with Crippen LogP contribution in [0, 0.1) is 11.8 Å². The summed E-state index contributed by atoms with van der Waals surface area (Å²) >= 11 is 0. The number of hydrogen-bond acceptors (Lipinski definition) is 7. The van der Waals surface area contributed by atoms with E-state index in [0.717, 1.165) is 0 Å². The predicted molar refractivity (Wildman–Crippen MR) is 106 cm³/mol. The summed E-state index contributed by atoms with van der Waals surface area (Å²) in [5, 5.41) is 11.0. The summed E-state index contributed by atoms with van der Waals surface area (Å²) in [6, 6.07) is 3.34. The molecule has 1 aromatic heterocycles. The highest BCUT2D eigenvalue weighted by molar-refractivity contribution is 6.03. The molecule has 0 radical (unpaired) electrons. The van der Waals surface area contributed by atoms with Crippen LogP contribution in [0.15, 0.2) is 24.5 Å². The summed E-state index contributed by atoms with van der Waals surface area (Å²) in [7, 11) is 0. The fraction of sp³-hybridized carbons (Fsp3) is 0.636. The van der Waals surface area contributed by atoms with E-state index in [1.165, 1.54) is 13.1 Å². The van der Waals surface area contributed by atoms with Crippen LogP contribution in [-0.4, -0.2) is 44.6 Å². The molecule has 29 heavy (non-hydrogen) atoms. The zero-order valence-electron chi connectivity index (χ0n) is 18.2. The summed E-state index contributed by atoms with van der Waals surface area (Å²) in [6.45, 7) is 11.7. The summed E-state index contributed by atoms with van der Waals surface area (Å²) in [4.78, 5) is 43.1. The second-order valence-electron chi connectivity index (χ2n) is 9.83. The average molecular weight is 405 g/mol. The fourth-order valence-corrected chi connectivity index (χ4v) is 3.72. The molecule has 7 heteroatoms. The number of ether oxygens (including phenoxy) is 2. The lowest BCUT2D eigenvalue weighted by Crippen LogP contribution is -2.56. The molecule has 4 atom stereocenters. The van der Waals surface area contributed by atoms with Crippen molar-refractivity contribution in [3.8, 4) is 0 Å². The van der Waals surface area contributed by atoms with Crippen molar-refractivity contribution in [1.29, 1.82) is 0 Å². The number of rotatable bonds is 3. The van der Waals surface area contributed by atoms with Gasteiger partial charge < -0.3 is 14.6 Å². The molecule has 0 unspecified atom stereocenters. The molecule has 7 nitrogen and oxygen atoms in total. The lowest BCUT2D eigenvalue weighted by atomic mass is 9.62. The van der Waals surface area contributed by atoms with Crippen LogP contribution in [0.3, 0.4) is 0 Å². The molecular formula is C22H31NO6. The van der Waals surface area contributed by atoms with Gasteiger partial charge in [-0.15, -0.1) is 0 Å². The maximum atomic E-state index is 13.1. The van der Waals surface area contributed by atoms with Crippen LogP contribution < -0.4 is 0 Å². The van der Waals surface area contributed by atoms with Crippen LogP contribution in [0.4, 0.5) is 0 Å². The molecule has 1 fully saturated rings. The number of aromatic nitrogens is 1. The lowest BCUT2D eigenvalue weighted by Gasteiger charge is -2.44. The van der Waals surface area contributed by atoms with Gasteiger partial charge in [0.05, 0.1) is 11.5 Å². The maximum Gasteiger partial charge on any atom is 0.317 e. The van der Waals surface area contributed by atoms with Crippen molar-refractivity contribution in [2.75, 3.05) is 0 Å². The minimum Gasteiger partial charge on any atom is -0.460 e. The van der Waals surface area contributed by atoms with Gasteiger partial charge in [0.2, 0.25) is 0 Å². The number of Topliss-reactive ketones (excluding diaryl/α,β-unsaturated/α-hetero) is 1. The number of ketones is 1. The smallest absolute Gasteiger partial charge is 0.317 e. The molecule has 1 heterocycles. The third-order valence-corrected chi connectivity index (χ3v) is 4.66. The van der Waals surface area contributed by atoms with Crippen molar-refractivity contribution in [3.63, 3.8) is 0 Å². The molecule has 0 saturated heterocycles. The highest BCUT2D eigenvalue weighted by Crippen LogP contribution is 2.47. The Morgan fingerprint density at radius 3 is 2.14 bits per heavy atom. The van der Waals surface area contributed by atoms with Crippen LogP contribution >= 0.6 is 0 Å².